The molecule has 1 unspecified atom stereocenters. The van der Waals surface area contributed by atoms with E-state index in [-0.39, 0.29) is 30.3 Å². The Kier molecular flexibility index (Phi) is 8.16. The standard InChI is InChI=1S/C22H32F2N4O2/c1-26(10-6-13-27-11-3-2-4-12-27)20(29)15-19-22(30)25-9-14-28(19)16-17-7-5-8-18(23)21(17)24/h5,7-8,19H,2-4,6,9-16H2,1H3,(H,25,30). The fourth-order valence-corrected chi connectivity index (χ4v) is 4.22. The SMILES string of the molecule is CN(CCCN1CCCCC1)C(=O)CC1C(=O)NCCN1Cc1cccc(F)c1F. The fourth-order valence-electron chi connectivity index (χ4n) is 4.22. The summed E-state index contributed by atoms with van der Waals surface area (Å²) in [6.07, 6.45) is 4.72. The number of hydrogen-bond acceptors (Lipinski definition) is 4. The largest absolute Gasteiger partial charge is 0.353 e. The number of piperazine rings is 1. The molecule has 1 atom stereocenters. The van der Waals surface area contributed by atoms with Gasteiger partial charge in [-0.3, -0.25) is 14.5 Å². The lowest BCUT2D eigenvalue weighted by Crippen LogP contribution is -2.56. The molecule has 0 aromatic heterocycles. The van der Waals surface area contributed by atoms with Crippen molar-refractivity contribution in [1.82, 2.24) is 20.0 Å². The van der Waals surface area contributed by atoms with Gasteiger partial charge in [-0.15, -0.1) is 0 Å². The van der Waals surface area contributed by atoms with Crippen LogP contribution in [-0.2, 0) is 16.1 Å². The van der Waals surface area contributed by atoms with Gasteiger partial charge in [-0.1, -0.05) is 18.6 Å². The number of hydrogen-bond donors (Lipinski definition) is 1. The van der Waals surface area contributed by atoms with E-state index in [0.29, 0.717) is 19.6 Å². The molecule has 0 radical (unpaired) electrons. The zero-order chi connectivity index (χ0) is 21.5. The van der Waals surface area contributed by atoms with E-state index in [9.17, 15) is 18.4 Å². The minimum atomic E-state index is -0.907. The molecule has 0 spiro atoms. The van der Waals surface area contributed by atoms with Gasteiger partial charge in [0, 0.05) is 38.8 Å². The summed E-state index contributed by atoms with van der Waals surface area (Å²) in [5, 5.41) is 2.78. The van der Waals surface area contributed by atoms with E-state index in [4.69, 9.17) is 0 Å². The van der Waals surface area contributed by atoms with Crippen LogP contribution in [0.3, 0.4) is 0 Å². The van der Waals surface area contributed by atoms with Gasteiger partial charge in [0.15, 0.2) is 11.6 Å². The number of carbonyl (C=O) groups excluding carboxylic acids is 2. The van der Waals surface area contributed by atoms with Crippen LogP contribution in [-0.4, -0.2) is 78.9 Å². The zero-order valence-corrected chi connectivity index (χ0v) is 17.7. The predicted octanol–water partition coefficient (Wildman–Crippen LogP) is 1.99. The van der Waals surface area contributed by atoms with Crippen molar-refractivity contribution in [2.24, 2.45) is 0 Å². The predicted molar refractivity (Wildman–Crippen MR) is 111 cm³/mol. The second-order valence-corrected chi connectivity index (χ2v) is 8.27. The second kappa shape index (κ2) is 10.8. The summed E-state index contributed by atoms with van der Waals surface area (Å²) in [5.41, 5.74) is 0.192. The van der Waals surface area contributed by atoms with Gasteiger partial charge in [-0.25, -0.2) is 8.78 Å². The van der Waals surface area contributed by atoms with Crippen molar-refractivity contribution in [3.05, 3.63) is 35.4 Å². The molecule has 1 aromatic carbocycles. The number of nitrogens with one attached hydrogen (secondary N) is 1. The van der Waals surface area contributed by atoms with Crippen LogP contribution in [0.5, 0.6) is 0 Å². The molecule has 30 heavy (non-hydrogen) atoms. The lowest BCUT2D eigenvalue weighted by Gasteiger charge is -2.35. The Morgan fingerprint density at radius 2 is 1.97 bits per heavy atom. The number of rotatable bonds is 8. The van der Waals surface area contributed by atoms with Crippen LogP contribution in [0.25, 0.3) is 0 Å². The number of piperidine rings is 1. The van der Waals surface area contributed by atoms with Gasteiger partial charge < -0.3 is 15.1 Å². The van der Waals surface area contributed by atoms with Crippen molar-refractivity contribution in [3.63, 3.8) is 0 Å². The van der Waals surface area contributed by atoms with E-state index >= 15 is 0 Å². The second-order valence-electron chi connectivity index (χ2n) is 8.27. The molecule has 3 rings (SSSR count). The quantitative estimate of drug-likeness (QED) is 0.696. The van der Waals surface area contributed by atoms with Gasteiger partial charge in [-0.2, -0.15) is 0 Å². The van der Waals surface area contributed by atoms with E-state index in [2.05, 4.69) is 10.2 Å². The van der Waals surface area contributed by atoms with Crippen molar-refractivity contribution in [2.45, 2.75) is 44.7 Å². The number of likely N-dealkylation sites (tertiary alicyclic amines) is 1. The number of nitrogens with zero attached hydrogens (tertiary/aromatic N) is 3. The first-order valence-electron chi connectivity index (χ1n) is 10.9. The molecular weight excluding hydrogens is 390 g/mol. The maximum Gasteiger partial charge on any atom is 0.237 e. The summed E-state index contributed by atoms with van der Waals surface area (Å²) in [4.78, 5) is 31.0. The van der Waals surface area contributed by atoms with Crippen molar-refractivity contribution in [3.8, 4) is 0 Å². The van der Waals surface area contributed by atoms with Gasteiger partial charge in [0.05, 0.1) is 12.5 Å². The molecule has 2 aliphatic heterocycles. The topological polar surface area (TPSA) is 55.9 Å². The minimum absolute atomic E-state index is 0.0307. The lowest BCUT2D eigenvalue weighted by molar-refractivity contribution is -0.138. The van der Waals surface area contributed by atoms with Gasteiger partial charge in [0.2, 0.25) is 11.8 Å². The molecule has 166 valence electrons. The van der Waals surface area contributed by atoms with Crippen LogP contribution >= 0.6 is 0 Å². The highest BCUT2D eigenvalue weighted by molar-refractivity contribution is 5.88. The highest BCUT2D eigenvalue weighted by Gasteiger charge is 2.33. The molecule has 2 amide bonds. The molecule has 2 fully saturated rings. The summed E-state index contributed by atoms with van der Waals surface area (Å²) < 4.78 is 27.6. The molecular formula is C22H32F2N4O2. The van der Waals surface area contributed by atoms with Crippen LogP contribution in [0.1, 0.15) is 37.7 Å². The summed E-state index contributed by atoms with van der Waals surface area (Å²) in [6, 6.07) is 3.35. The number of benzene rings is 1. The van der Waals surface area contributed by atoms with Gasteiger partial charge in [0.25, 0.3) is 0 Å². The Morgan fingerprint density at radius 1 is 1.20 bits per heavy atom. The zero-order valence-electron chi connectivity index (χ0n) is 17.7. The van der Waals surface area contributed by atoms with Crippen LogP contribution in [0.15, 0.2) is 18.2 Å². The van der Waals surface area contributed by atoms with Gasteiger partial charge >= 0.3 is 0 Å². The first kappa shape index (κ1) is 22.6. The maximum atomic E-state index is 14.1. The average molecular weight is 423 g/mol. The van der Waals surface area contributed by atoms with Gasteiger partial charge in [-0.05, 0) is 45.0 Å². The molecule has 0 bridgehead atoms. The van der Waals surface area contributed by atoms with Gasteiger partial charge in [0.1, 0.15) is 0 Å². The Labute approximate surface area is 177 Å². The molecule has 2 heterocycles. The van der Waals surface area contributed by atoms with Crippen molar-refractivity contribution in [2.75, 3.05) is 46.3 Å². The molecule has 0 aliphatic carbocycles. The Morgan fingerprint density at radius 3 is 2.73 bits per heavy atom. The summed E-state index contributed by atoms with van der Waals surface area (Å²) in [5.74, 6) is -2.16. The minimum Gasteiger partial charge on any atom is -0.353 e. The van der Waals surface area contributed by atoms with Crippen LogP contribution < -0.4 is 5.32 Å². The van der Waals surface area contributed by atoms with Crippen LogP contribution in [0, 0.1) is 11.6 Å². The number of halogens is 2. The summed E-state index contributed by atoms with van der Waals surface area (Å²) >= 11 is 0. The normalized spacial score (nSPS) is 20.8. The van der Waals surface area contributed by atoms with E-state index < -0.39 is 17.7 Å². The van der Waals surface area contributed by atoms with E-state index in [1.54, 1.807) is 16.8 Å². The van der Waals surface area contributed by atoms with E-state index in [0.717, 1.165) is 32.1 Å². The van der Waals surface area contributed by atoms with Crippen LogP contribution in [0.2, 0.25) is 0 Å². The molecule has 1 aromatic rings. The number of carbonyl (C=O) groups is 2. The summed E-state index contributed by atoms with van der Waals surface area (Å²) in [7, 11) is 1.76. The molecule has 2 aliphatic rings. The monoisotopic (exact) mass is 422 g/mol. The first-order chi connectivity index (χ1) is 14.5. The smallest absolute Gasteiger partial charge is 0.237 e. The Bertz CT molecular complexity index is 740. The highest BCUT2D eigenvalue weighted by Crippen LogP contribution is 2.18. The Balaban J connectivity index is 1.54. The molecule has 0 saturated carbocycles. The lowest BCUT2D eigenvalue weighted by atomic mass is 10.1. The van der Waals surface area contributed by atoms with Crippen molar-refractivity contribution >= 4 is 11.8 Å². The average Bonchev–Trinajstić information content (AvgIpc) is 2.74. The molecule has 6 nitrogen and oxygen atoms in total. The Hall–Kier alpha value is -2.06. The third-order valence-corrected chi connectivity index (χ3v) is 6.06. The van der Waals surface area contributed by atoms with E-state index in [1.165, 1.54) is 31.4 Å². The molecule has 2 saturated heterocycles. The molecule has 8 heteroatoms. The first-order valence-corrected chi connectivity index (χ1v) is 10.9. The third kappa shape index (κ3) is 5.98. The van der Waals surface area contributed by atoms with Crippen LogP contribution in [0.4, 0.5) is 8.78 Å². The maximum absolute atomic E-state index is 14.1. The fraction of sp³-hybridized carbons (Fsp3) is 0.636. The summed E-state index contributed by atoms with van der Waals surface area (Å²) in [6.45, 7) is 4.88. The van der Waals surface area contributed by atoms with E-state index in [1.807, 2.05) is 0 Å². The number of amides is 2. The molecule has 1 N–H and O–H groups in total. The van der Waals surface area contributed by atoms with Crippen molar-refractivity contribution in [1.29, 1.82) is 0 Å². The third-order valence-electron chi connectivity index (χ3n) is 6.06. The van der Waals surface area contributed by atoms with Crippen molar-refractivity contribution < 1.29 is 18.4 Å². The highest BCUT2D eigenvalue weighted by atomic mass is 19.2.